The summed E-state index contributed by atoms with van der Waals surface area (Å²) in [5, 5.41) is 8.85. The lowest BCUT2D eigenvalue weighted by Gasteiger charge is -2.28. The standard InChI is InChI=1S/C12H18N2O2/c1-9-4-2-3-5-11(9)16-12-7-13-10(8-15)6-14-12/h6-7,9,11,15H,2-5,8H2,1H3. The first-order chi connectivity index (χ1) is 7.79. The van der Waals surface area contributed by atoms with Gasteiger partial charge >= 0.3 is 0 Å². The van der Waals surface area contributed by atoms with Crippen molar-refractivity contribution in [3.05, 3.63) is 18.1 Å². The smallest absolute Gasteiger partial charge is 0.232 e. The summed E-state index contributed by atoms with van der Waals surface area (Å²) < 4.78 is 5.81. The summed E-state index contributed by atoms with van der Waals surface area (Å²) in [6.07, 6.45) is 8.28. The van der Waals surface area contributed by atoms with Crippen LogP contribution in [0.2, 0.25) is 0 Å². The zero-order valence-corrected chi connectivity index (χ0v) is 9.59. The van der Waals surface area contributed by atoms with Gasteiger partial charge in [0.05, 0.1) is 24.7 Å². The van der Waals surface area contributed by atoms with Gasteiger partial charge in [0.1, 0.15) is 6.10 Å². The Hall–Kier alpha value is -1.16. The molecule has 0 bridgehead atoms. The Kier molecular flexibility index (Phi) is 3.72. The van der Waals surface area contributed by atoms with Crippen LogP contribution in [0.1, 0.15) is 38.3 Å². The van der Waals surface area contributed by atoms with E-state index in [1.807, 2.05) is 0 Å². The first-order valence-corrected chi connectivity index (χ1v) is 5.88. The van der Waals surface area contributed by atoms with Crippen LogP contribution >= 0.6 is 0 Å². The van der Waals surface area contributed by atoms with Gasteiger partial charge in [0.15, 0.2) is 0 Å². The highest BCUT2D eigenvalue weighted by Crippen LogP contribution is 2.26. The van der Waals surface area contributed by atoms with E-state index in [1.54, 1.807) is 12.4 Å². The molecule has 0 radical (unpaired) electrons. The molecule has 2 rings (SSSR count). The van der Waals surface area contributed by atoms with E-state index in [0.29, 0.717) is 17.5 Å². The molecule has 4 nitrogen and oxygen atoms in total. The van der Waals surface area contributed by atoms with Gasteiger partial charge in [-0.25, -0.2) is 4.98 Å². The van der Waals surface area contributed by atoms with E-state index in [9.17, 15) is 0 Å². The van der Waals surface area contributed by atoms with Gasteiger partial charge in [0, 0.05) is 0 Å². The van der Waals surface area contributed by atoms with Crippen molar-refractivity contribution in [3.63, 3.8) is 0 Å². The molecule has 0 aromatic carbocycles. The Balaban J connectivity index is 1.96. The predicted molar refractivity (Wildman–Crippen MR) is 60.0 cm³/mol. The maximum Gasteiger partial charge on any atom is 0.232 e. The molecule has 88 valence electrons. The molecule has 1 aromatic heterocycles. The van der Waals surface area contributed by atoms with Crippen molar-refractivity contribution in [2.75, 3.05) is 0 Å². The van der Waals surface area contributed by atoms with Crippen molar-refractivity contribution in [3.8, 4) is 5.88 Å². The van der Waals surface area contributed by atoms with E-state index in [2.05, 4.69) is 16.9 Å². The van der Waals surface area contributed by atoms with Gasteiger partial charge in [0.2, 0.25) is 5.88 Å². The molecule has 0 saturated heterocycles. The van der Waals surface area contributed by atoms with E-state index in [0.717, 1.165) is 6.42 Å². The fourth-order valence-electron chi connectivity index (χ4n) is 2.10. The van der Waals surface area contributed by atoms with Crippen molar-refractivity contribution in [2.45, 2.75) is 45.3 Å². The number of hydrogen-bond acceptors (Lipinski definition) is 4. The second-order valence-electron chi connectivity index (χ2n) is 4.42. The van der Waals surface area contributed by atoms with Crippen molar-refractivity contribution in [2.24, 2.45) is 5.92 Å². The van der Waals surface area contributed by atoms with Crippen LogP contribution in [-0.4, -0.2) is 21.2 Å². The van der Waals surface area contributed by atoms with Gasteiger partial charge in [-0.05, 0) is 25.2 Å². The topological polar surface area (TPSA) is 55.2 Å². The molecule has 0 aliphatic heterocycles. The van der Waals surface area contributed by atoms with E-state index >= 15 is 0 Å². The van der Waals surface area contributed by atoms with Crippen LogP contribution in [0, 0.1) is 5.92 Å². The third-order valence-corrected chi connectivity index (χ3v) is 3.15. The average Bonchev–Trinajstić information content (AvgIpc) is 2.33. The van der Waals surface area contributed by atoms with E-state index in [-0.39, 0.29) is 12.7 Å². The Morgan fingerprint density at radius 3 is 2.75 bits per heavy atom. The number of aromatic nitrogens is 2. The van der Waals surface area contributed by atoms with E-state index in [4.69, 9.17) is 9.84 Å². The lowest BCUT2D eigenvalue weighted by molar-refractivity contribution is 0.0969. The monoisotopic (exact) mass is 222 g/mol. The molecular formula is C12H18N2O2. The Labute approximate surface area is 95.7 Å². The Morgan fingerprint density at radius 2 is 2.12 bits per heavy atom. The largest absolute Gasteiger partial charge is 0.473 e. The fourth-order valence-corrected chi connectivity index (χ4v) is 2.10. The second-order valence-corrected chi connectivity index (χ2v) is 4.42. The summed E-state index contributed by atoms with van der Waals surface area (Å²) in [7, 11) is 0. The number of aliphatic hydroxyl groups is 1. The molecule has 1 heterocycles. The molecule has 16 heavy (non-hydrogen) atoms. The molecule has 1 aliphatic rings. The highest BCUT2D eigenvalue weighted by atomic mass is 16.5. The molecular weight excluding hydrogens is 204 g/mol. The van der Waals surface area contributed by atoms with Crippen molar-refractivity contribution in [1.29, 1.82) is 0 Å². The molecule has 2 unspecified atom stereocenters. The normalized spacial score (nSPS) is 25.4. The van der Waals surface area contributed by atoms with Crippen LogP contribution in [0.3, 0.4) is 0 Å². The number of nitrogens with zero attached hydrogens (tertiary/aromatic N) is 2. The average molecular weight is 222 g/mol. The fraction of sp³-hybridized carbons (Fsp3) is 0.667. The number of aliphatic hydroxyl groups excluding tert-OH is 1. The van der Waals surface area contributed by atoms with Crippen LogP contribution in [0.15, 0.2) is 12.4 Å². The quantitative estimate of drug-likeness (QED) is 0.849. The van der Waals surface area contributed by atoms with Gasteiger partial charge in [-0.2, -0.15) is 0 Å². The summed E-state index contributed by atoms with van der Waals surface area (Å²) in [5.41, 5.74) is 0.573. The third kappa shape index (κ3) is 2.70. The zero-order chi connectivity index (χ0) is 11.4. The summed E-state index contributed by atoms with van der Waals surface area (Å²) in [6.45, 7) is 2.15. The highest BCUT2D eigenvalue weighted by molar-refractivity contribution is 5.07. The van der Waals surface area contributed by atoms with Crippen molar-refractivity contribution in [1.82, 2.24) is 9.97 Å². The molecule has 1 N–H and O–H groups in total. The van der Waals surface area contributed by atoms with Gasteiger partial charge in [-0.3, -0.25) is 4.98 Å². The van der Waals surface area contributed by atoms with Crippen LogP contribution < -0.4 is 4.74 Å². The lowest BCUT2D eigenvalue weighted by Crippen LogP contribution is -2.28. The number of hydrogen-bond donors (Lipinski definition) is 1. The maximum atomic E-state index is 8.85. The number of rotatable bonds is 3. The van der Waals surface area contributed by atoms with Gasteiger partial charge < -0.3 is 9.84 Å². The molecule has 1 aliphatic carbocycles. The molecule has 1 saturated carbocycles. The summed E-state index contributed by atoms with van der Waals surface area (Å²) in [5.74, 6) is 1.16. The minimum absolute atomic E-state index is 0.0763. The maximum absolute atomic E-state index is 8.85. The highest BCUT2D eigenvalue weighted by Gasteiger charge is 2.23. The molecule has 1 fully saturated rings. The van der Waals surface area contributed by atoms with Crippen molar-refractivity contribution < 1.29 is 9.84 Å². The first-order valence-electron chi connectivity index (χ1n) is 5.88. The van der Waals surface area contributed by atoms with Crippen LogP contribution in [0.5, 0.6) is 5.88 Å². The summed E-state index contributed by atoms with van der Waals surface area (Å²) in [6, 6.07) is 0. The Bertz CT molecular complexity index is 326. The molecule has 4 heteroatoms. The van der Waals surface area contributed by atoms with Crippen LogP contribution in [0.4, 0.5) is 0 Å². The molecule has 2 atom stereocenters. The van der Waals surface area contributed by atoms with Gasteiger partial charge in [-0.15, -0.1) is 0 Å². The van der Waals surface area contributed by atoms with Crippen LogP contribution in [0.25, 0.3) is 0 Å². The molecule has 1 aromatic rings. The van der Waals surface area contributed by atoms with E-state index < -0.39 is 0 Å². The predicted octanol–water partition coefficient (Wildman–Crippen LogP) is 1.93. The molecule has 0 spiro atoms. The minimum atomic E-state index is -0.0763. The number of ether oxygens (including phenoxy) is 1. The molecule has 0 amide bonds. The summed E-state index contributed by atoms with van der Waals surface area (Å²) in [4.78, 5) is 8.18. The second kappa shape index (κ2) is 5.25. The summed E-state index contributed by atoms with van der Waals surface area (Å²) >= 11 is 0. The van der Waals surface area contributed by atoms with E-state index in [1.165, 1.54) is 19.3 Å². The van der Waals surface area contributed by atoms with Crippen LogP contribution in [-0.2, 0) is 6.61 Å². The van der Waals surface area contributed by atoms with Crippen molar-refractivity contribution >= 4 is 0 Å². The lowest BCUT2D eigenvalue weighted by atomic mass is 9.88. The first kappa shape index (κ1) is 11.3. The SMILES string of the molecule is CC1CCCCC1Oc1cnc(CO)cn1. The van der Waals surface area contributed by atoms with Gasteiger partial charge in [0.25, 0.3) is 0 Å². The third-order valence-electron chi connectivity index (χ3n) is 3.15. The van der Waals surface area contributed by atoms with Gasteiger partial charge in [-0.1, -0.05) is 13.3 Å². The minimum Gasteiger partial charge on any atom is -0.473 e. The Morgan fingerprint density at radius 1 is 1.31 bits per heavy atom. The zero-order valence-electron chi connectivity index (χ0n) is 9.59.